The zero-order valence-electron chi connectivity index (χ0n) is 11.0. The van der Waals surface area contributed by atoms with E-state index in [1.807, 2.05) is 18.2 Å². The number of rotatable bonds is 3. The van der Waals surface area contributed by atoms with Crippen molar-refractivity contribution in [2.24, 2.45) is 5.92 Å². The van der Waals surface area contributed by atoms with Crippen molar-refractivity contribution < 1.29 is 4.79 Å². The van der Waals surface area contributed by atoms with Gasteiger partial charge in [-0.2, -0.15) is 0 Å². The van der Waals surface area contributed by atoms with Gasteiger partial charge in [-0.1, -0.05) is 19.1 Å². The van der Waals surface area contributed by atoms with Gasteiger partial charge in [0, 0.05) is 9.61 Å². The van der Waals surface area contributed by atoms with Crippen LogP contribution in [-0.4, -0.2) is 25.0 Å². The summed E-state index contributed by atoms with van der Waals surface area (Å²) in [7, 11) is 0. The van der Waals surface area contributed by atoms with Gasteiger partial charge in [-0.3, -0.25) is 4.79 Å². The monoisotopic (exact) mass is 394 g/mol. The number of piperidine rings is 1. The zero-order chi connectivity index (χ0) is 13.0. The minimum absolute atomic E-state index is 0. The summed E-state index contributed by atoms with van der Waals surface area (Å²) in [5.74, 6) is 0.648. The Morgan fingerprint density at radius 2 is 2.32 bits per heavy atom. The van der Waals surface area contributed by atoms with E-state index in [4.69, 9.17) is 0 Å². The second-order valence-corrected chi connectivity index (χ2v) is 6.20. The van der Waals surface area contributed by atoms with Crippen molar-refractivity contribution >= 4 is 40.9 Å². The minimum Gasteiger partial charge on any atom is -0.353 e. The quantitative estimate of drug-likeness (QED) is 0.773. The highest BCUT2D eigenvalue weighted by Gasteiger charge is 2.22. The maximum Gasteiger partial charge on any atom is 0.224 e. The number of benzene rings is 1. The molecule has 2 N–H and O–H groups in total. The van der Waals surface area contributed by atoms with Gasteiger partial charge in [0.15, 0.2) is 0 Å². The summed E-state index contributed by atoms with van der Waals surface area (Å²) in [6.45, 7) is 4.18. The molecule has 3 nitrogen and oxygen atoms in total. The molecule has 1 aliphatic rings. The molecular formula is C14H20ClIN2O. The Morgan fingerprint density at radius 1 is 1.53 bits per heavy atom. The normalized spacial score (nSPS) is 22.4. The number of carbonyl (C=O) groups is 1. The Labute approximate surface area is 134 Å². The molecule has 1 aromatic carbocycles. The van der Waals surface area contributed by atoms with E-state index < -0.39 is 0 Å². The summed E-state index contributed by atoms with van der Waals surface area (Å²) in [6.07, 6.45) is 1.51. The Balaban J connectivity index is 0.00000180. The lowest BCUT2D eigenvalue weighted by Crippen LogP contribution is -2.48. The van der Waals surface area contributed by atoms with E-state index in [1.165, 1.54) is 3.57 Å². The minimum atomic E-state index is 0. The van der Waals surface area contributed by atoms with Crippen molar-refractivity contribution in [1.29, 1.82) is 0 Å². The van der Waals surface area contributed by atoms with E-state index in [2.05, 4.69) is 46.2 Å². The summed E-state index contributed by atoms with van der Waals surface area (Å²) >= 11 is 2.27. The molecule has 0 saturated carbocycles. The highest BCUT2D eigenvalue weighted by atomic mass is 127. The fraction of sp³-hybridized carbons (Fsp3) is 0.500. The van der Waals surface area contributed by atoms with Gasteiger partial charge >= 0.3 is 0 Å². The number of hydrogen-bond donors (Lipinski definition) is 2. The molecule has 0 spiro atoms. The van der Waals surface area contributed by atoms with Gasteiger partial charge in [-0.05, 0) is 65.7 Å². The Hall–Kier alpha value is -0.330. The van der Waals surface area contributed by atoms with Gasteiger partial charge in [0.1, 0.15) is 0 Å². The van der Waals surface area contributed by atoms with Crippen LogP contribution in [0.1, 0.15) is 18.9 Å². The molecule has 5 heteroatoms. The Morgan fingerprint density at radius 3 is 3.00 bits per heavy atom. The first kappa shape index (κ1) is 16.7. The third-order valence-electron chi connectivity index (χ3n) is 3.39. The van der Waals surface area contributed by atoms with Crippen LogP contribution in [0.25, 0.3) is 0 Å². The number of nitrogens with one attached hydrogen (secondary N) is 2. The number of carbonyl (C=O) groups excluding carboxylic acids is 1. The Bertz CT molecular complexity index is 428. The van der Waals surface area contributed by atoms with Gasteiger partial charge in [0.25, 0.3) is 0 Å². The summed E-state index contributed by atoms with van der Waals surface area (Å²) in [6, 6.07) is 8.43. The number of halogens is 2. The topological polar surface area (TPSA) is 41.1 Å². The summed E-state index contributed by atoms with van der Waals surface area (Å²) < 4.78 is 1.17. The van der Waals surface area contributed by atoms with Crippen LogP contribution in [0.4, 0.5) is 0 Å². The van der Waals surface area contributed by atoms with E-state index >= 15 is 0 Å². The summed E-state index contributed by atoms with van der Waals surface area (Å²) in [4.78, 5) is 12.0. The van der Waals surface area contributed by atoms with E-state index in [0.717, 1.165) is 25.1 Å². The van der Waals surface area contributed by atoms with Crippen LogP contribution in [0, 0.1) is 9.49 Å². The third-order valence-corrected chi connectivity index (χ3v) is 4.06. The second kappa shape index (κ2) is 8.07. The lowest BCUT2D eigenvalue weighted by atomic mass is 9.95. The molecule has 0 bridgehead atoms. The lowest BCUT2D eigenvalue weighted by Gasteiger charge is -2.30. The largest absolute Gasteiger partial charge is 0.353 e. The molecule has 0 aliphatic carbocycles. The molecule has 0 aromatic heterocycles. The van der Waals surface area contributed by atoms with Gasteiger partial charge in [0.05, 0.1) is 6.42 Å². The molecule has 1 saturated heterocycles. The first-order valence-corrected chi connectivity index (χ1v) is 7.47. The molecule has 19 heavy (non-hydrogen) atoms. The van der Waals surface area contributed by atoms with E-state index in [9.17, 15) is 4.79 Å². The second-order valence-electron chi connectivity index (χ2n) is 4.95. The molecule has 1 fully saturated rings. The van der Waals surface area contributed by atoms with Crippen LogP contribution in [0.5, 0.6) is 0 Å². The maximum atomic E-state index is 12.0. The van der Waals surface area contributed by atoms with Crippen LogP contribution in [-0.2, 0) is 11.2 Å². The van der Waals surface area contributed by atoms with E-state index in [0.29, 0.717) is 18.4 Å². The zero-order valence-corrected chi connectivity index (χ0v) is 14.0. The maximum absolute atomic E-state index is 12.0. The number of hydrogen-bond acceptors (Lipinski definition) is 2. The number of amides is 1. The molecule has 2 unspecified atom stereocenters. The standard InChI is InChI=1S/C14H19IN2O.ClH/c1-10-9-16-6-5-13(10)17-14(18)8-11-3-2-4-12(15)7-11;/h2-4,7,10,13,16H,5-6,8-9H2,1H3,(H,17,18);1H. The van der Waals surface area contributed by atoms with Gasteiger partial charge in [-0.25, -0.2) is 0 Å². The first-order chi connectivity index (χ1) is 8.65. The fourth-order valence-electron chi connectivity index (χ4n) is 2.32. The Kier molecular flexibility index (Phi) is 7.10. The average Bonchev–Trinajstić information content (AvgIpc) is 2.32. The SMILES string of the molecule is CC1CNCCC1NC(=O)Cc1cccc(I)c1.Cl. The molecule has 0 radical (unpaired) electrons. The van der Waals surface area contributed by atoms with Crippen molar-refractivity contribution in [2.75, 3.05) is 13.1 Å². The molecule has 1 heterocycles. The average molecular weight is 395 g/mol. The molecule has 1 aliphatic heterocycles. The molecule has 106 valence electrons. The van der Waals surface area contributed by atoms with Crippen molar-refractivity contribution in [3.63, 3.8) is 0 Å². The third kappa shape index (κ3) is 5.28. The highest BCUT2D eigenvalue weighted by Crippen LogP contribution is 2.12. The van der Waals surface area contributed by atoms with E-state index in [-0.39, 0.29) is 18.3 Å². The van der Waals surface area contributed by atoms with Gasteiger partial charge < -0.3 is 10.6 Å². The predicted molar refractivity (Wildman–Crippen MR) is 88.7 cm³/mol. The van der Waals surface area contributed by atoms with Crippen molar-refractivity contribution in [3.05, 3.63) is 33.4 Å². The van der Waals surface area contributed by atoms with Crippen molar-refractivity contribution in [1.82, 2.24) is 10.6 Å². The van der Waals surface area contributed by atoms with Crippen molar-refractivity contribution in [2.45, 2.75) is 25.8 Å². The highest BCUT2D eigenvalue weighted by molar-refractivity contribution is 14.1. The molecule has 2 rings (SSSR count). The van der Waals surface area contributed by atoms with Crippen LogP contribution < -0.4 is 10.6 Å². The molecule has 2 atom stereocenters. The van der Waals surface area contributed by atoms with Crippen LogP contribution >= 0.6 is 35.0 Å². The summed E-state index contributed by atoms with van der Waals surface area (Å²) in [5, 5.41) is 6.50. The van der Waals surface area contributed by atoms with Crippen LogP contribution in [0.3, 0.4) is 0 Å². The molecular weight excluding hydrogens is 375 g/mol. The van der Waals surface area contributed by atoms with Gasteiger partial charge in [-0.15, -0.1) is 12.4 Å². The molecule has 1 aromatic rings. The first-order valence-electron chi connectivity index (χ1n) is 6.39. The van der Waals surface area contributed by atoms with E-state index in [1.54, 1.807) is 0 Å². The van der Waals surface area contributed by atoms with Crippen LogP contribution in [0.15, 0.2) is 24.3 Å². The fourth-order valence-corrected chi connectivity index (χ4v) is 2.93. The molecule has 1 amide bonds. The predicted octanol–water partition coefficient (Wildman–Crippen LogP) is 2.37. The van der Waals surface area contributed by atoms with Crippen molar-refractivity contribution in [3.8, 4) is 0 Å². The van der Waals surface area contributed by atoms with Gasteiger partial charge in [0.2, 0.25) is 5.91 Å². The lowest BCUT2D eigenvalue weighted by molar-refractivity contribution is -0.121. The van der Waals surface area contributed by atoms with Crippen LogP contribution in [0.2, 0.25) is 0 Å². The summed E-state index contributed by atoms with van der Waals surface area (Å²) in [5.41, 5.74) is 1.08. The smallest absolute Gasteiger partial charge is 0.224 e.